The zero-order valence-corrected chi connectivity index (χ0v) is 17.4. The summed E-state index contributed by atoms with van der Waals surface area (Å²) in [5, 5.41) is 12.4. The minimum absolute atomic E-state index is 0.126. The first-order chi connectivity index (χ1) is 14.1. The van der Waals surface area contributed by atoms with Crippen molar-refractivity contribution in [3.63, 3.8) is 0 Å². The van der Waals surface area contributed by atoms with E-state index in [0.717, 1.165) is 37.4 Å². The molecular formula is C21H24N6OS. The van der Waals surface area contributed by atoms with Gasteiger partial charge in [0.2, 0.25) is 11.1 Å². The van der Waals surface area contributed by atoms with Gasteiger partial charge in [0.15, 0.2) is 0 Å². The average Bonchev–Trinajstić information content (AvgIpc) is 3.22. The zero-order valence-electron chi connectivity index (χ0n) is 16.6. The fourth-order valence-electron chi connectivity index (χ4n) is 3.46. The number of aromatic nitrogens is 4. The Morgan fingerprint density at radius 1 is 1.00 bits per heavy atom. The van der Waals surface area contributed by atoms with Crippen LogP contribution in [0.2, 0.25) is 0 Å². The molecule has 0 bridgehead atoms. The van der Waals surface area contributed by atoms with Crippen molar-refractivity contribution in [2.45, 2.75) is 24.3 Å². The highest BCUT2D eigenvalue weighted by atomic mass is 32.2. The molecule has 1 saturated heterocycles. The lowest BCUT2D eigenvalue weighted by Crippen LogP contribution is -2.50. The first-order valence-electron chi connectivity index (χ1n) is 9.72. The minimum atomic E-state index is -0.257. The second-order valence-electron chi connectivity index (χ2n) is 7.12. The maximum absolute atomic E-state index is 13.0. The lowest BCUT2D eigenvalue weighted by atomic mass is 10.2. The molecule has 0 spiro atoms. The van der Waals surface area contributed by atoms with Crippen molar-refractivity contribution < 1.29 is 4.79 Å². The molecule has 1 fully saturated rings. The van der Waals surface area contributed by atoms with Crippen LogP contribution in [0.1, 0.15) is 12.5 Å². The number of nitrogens with zero attached hydrogens (tertiary/aromatic N) is 6. The predicted molar refractivity (Wildman–Crippen MR) is 114 cm³/mol. The summed E-state index contributed by atoms with van der Waals surface area (Å²) in [7, 11) is 0. The molecule has 0 aliphatic carbocycles. The number of benzene rings is 2. The largest absolute Gasteiger partial charge is 0.368 e. The molecule has 1 aromatic heterocycles. The first kappa shape index (κ1) is 19.4. The van der Waals surface area contributed by atoms with E-state index in [1.165, 1.54) is 17.4 Å². The molecule has 150 valence electrons. The van der Waals surface area contributed by atoms with Gasteiger partial charge in [-0.2, -0.15) is 4.68 Å². The second-order valence-corrected chi connectivity index (χ2v) is 8.43. The van der Waals surface area contributed by atoms with Crippen molar-refractivity contribution in [3.8, 4) is 5.69 Å². The molecule has 7 nitrogen and oxygen atoms in total. The Hall–Kier alpha value is -2.87. The number of piperazine rings is 1. The molecule has 2 heterocycles. The van der Waals surface area contributed by atoms with E-state index < -0.39 is 0 Å². The van der Waals surface area contributed by atoms with Crippen LogP contribution >= 0.6 is 11.8 Å². The van der Waals surface area contributed by atoms with Crippen LogP contribution in [0.25, 0.3) is 5.69 Å². The molecule has 2 aromatic carbocycles. The van der Waals surface area contributed by atoms with E-state index in [1.807, 2.05) is 61.2 Å². The normalized spacial score (nSPS) is 15.4. The van der Waals surface area contributed by atoms with E-state index in [0.29, 0.717) is 5.16 Å². The molecule has 29 heavy (non-hydrogen) atoms. The Bertz CT molecular complexity index is 968. The van der Waals surface area contributed by atoms with Crippen LogP contribution in [-0.2, 0) is 4.79 Å². The summed E-state index contributed by atoms with van der Waals surface area (Å²) < 4.78 is 1.69. The summed E-state index contributed by atoms with van der Waals surface area (Å²) in [5.41, 5.74) is 3.24. The molecule has 0 N–H and O–H groups in total. The quantitative estimate of drug-likeness (QED) is 0.605. The van der Waals surface area contributed by atoms with Gasteiger partial charge in [-0.25, -0.2) is 0 Å². The summed E-state index contributed by atoms with van der Waals surface area (Å²) in [6, 6.07) is 18.3. The topological polar surface area (TPSA) is 67.2 Å². The van der Waals surface area contributed by atoms with Gasteiger partial charge in [0.1, 0.15) is 0 Å². The summed E-state index contributed by atoms with van der Waals surface area (Å²) in [5.74, 6) is 0.126. The molecule has 8 heteroatoms. The maximum atomic E-state index is 13.0. The molecule has 3 aromatic rings. The van der Waals surface area contributed by atoms with Crippen molar-refractivity contribution in [2.75, 3.05) is 31.1 Å². The molecule has 4 rings (SSSR count). The molecular weight excluding hydrogens is 384 g/mol. The number of carbonyl (C=O) groups excluding carboxylic acids is 1. The fourth-order valence-corrected chi connectivity index (χ4v) is 4.36. The van der Waals surface area contributed by atoms with E-state index in [4.69, 9.17) is 0 Å². The van der Waals surface area contributed by atoms with E-state index in [9.17, 15) is 4.79 Å². The average molecular weight is 409 g/mol. The van der Waals surface area contributed by atoms with E-state index in [-0.39, 0.29) is 11.2 Å². The Morgan fingerprint density at radius 2 is 1.72 bits per heavy atom. The van der Waals surface area contributed by atoms with Crippen molar-refractivity contribution in [3.05, 3.63) is 60.2 Å². The molecule has 1 aliphatic heterocycles. The zero-order chi connectivity index (χ0) is 20.2. The summed E-state index contributed by atoms with van der Waals surface area (Å²) >= 11 is 1.40. The van der Waals surface area contributed by atoms with Gasteiger partial charge in [0, 0.05) is 31.9 Å². The van der Waals surface area contributed by atoms with Gasteiger partial charge < -0.3 is 9.80 Å². The Kier molecular flexibility index (Phi) is 5.80. The van der Waals surface area contributed by atoms with Crippen molar-refractivity contribution >= 4 is 23.4 Å². The van der Waals surface area contributed by atoms with Gasteiger partial charge in [-0.3, -0.25) is 4.79 Å². The maximum Gasteiger partial charge on any atom is 0.236 e. The van der Waals surface area contributed by atoms with Crippen LogP contribution in [0.3, 0.4) is 0 Å². The lowest BCUT2D eigenvalue weighted by molar-refractivity contribution is -0.130. The van der Waals surface area contributed by atoms with Crippen molar-refractivity contribution in [1.82, 2.24) is 25.1 Å². The summed E-state index contributed by atoms with van der Waals surface area (Å²) in [6.45, 7) is 7.08. The van der Waals surface area contributed by atoms with E-state index in [2.05, 4.69) is 32.6 Å². The number of amides is 1. The fraction of sp³-hybridized carbons (Fsp3) is 0.333. The highest BCUT2D eigenvalue weighted by Crippen LogP contribution is 2.25. The number of anilines is 1. The van der Waals surface area contributed by atoms with Gasteiger partial charge in [-0.1, -0.05) is 42.1 Å². The third kappa shape index (κ3) is 4.42. The highest BCUT2D eigenvalue weighted by Gasteiger charge is 2.27. The number of tetrazole rings is 1. The highest BCUT2D eigenvalue weighted by molar-refractivity contribution is 8.00. The number of hydrogen-bond donors (Lipinski definition) is 0. The summed E-state index contributed by atoms with van der Waals surface area (Å²) in [4.78, 5) is 17.2. The van der Waals surface area contributed by atoms with Gasteiger partial charge in [0.05, 0.1) is 10.9 Å². The van der Waals surface area contributed by atoms with E-state index >= 15 is 0 Å². The number of hydrogen-bond acceptors (Lipinski definition) is 6. The molecule has 0 radical (unpaired) electrons. The molecule has 1 amide bonds. The standard InChI is InChI=1S/C21H24N6OS/c1-16-7-6-10-19(15-16)27-21(22-23-24-27)29-17(2)20(28)26-13-11-25(12-14-26)18-8-4-3-5-9-18/h3-10,15,17H,11-14H2,1-2H3. The SMILES string of the molecule is Cc1cccc(-n2nnnc2SC(C)C(=O)N2CCN(c3ccccc3)CC2)c1. The van der Waals surface area contributed by atoms with Crippen LogP contribution < -0.4 is 4.90 Å². The summed E-state index contributed by atoms with van der Waals surface area (Å²) in [6.07, 6.45) is 0. The van der Waals surface area contributed by atoms with Gasteiger partial charge in [0.25, 0.3) is 0 Å². The van der Waals surface area contributed by atoms with Crippen LogP contribution in [0, 0.1) is 6.92 Å². The second kappa shape index (κ2) is 8.65. The van der Waals surface area contributed by atoms with Crippen LogP contribution in [0.4, 0.5) is 5.69 Å². The minimum Gasteiger partial charge on any atom is -0.368 e. The number of para-hydroxylation sites is 1. The molecule has 1 unspecified atom stereocenters. The van der Waals surface area contributed by atoms with E-state index in [1.54, 1.807) is 4.68 Å². The van der Waals surface area contributed by atoms with Crippen LogP contribution in [0.5, 0.6) is 0 Å². The number of aryl methyl sites for hydroxylation is 1. The smallest absolute Gasteiger partial charge is 0.236 e. The Morgan fingerprint density at radius 3 is 2.45 bits per heavy atom. The number of rotatable bonds is 5. The molecule has 1 atom stereocenters. The first-order valence-corrected chi connectivity index (χ1v) is 10.6. The Labute approximate surface area is 174 Å². The Balaban J connectivity index is 1.38. The van der Waals surface area contributed by atoms with Crippen molar-refractivity contribution in [2.24, 2.45) is 0 Å². The molecule has 1 aliphatic rings. The monoisotopic (exact) mass is 408 g/mol. The van der Waals surface area contributed by atoms with Gasteiger partial charge >= 0.3 is 0 Å². The number of carbonyl (C=O) groups is 1. The van der Waals surface area contributed by atoms with Gasteiger partial charge in [-0.15, -0.1) is 5.10 Å². The predicted octanol–water partition coefficient (Wildman–Crippen LogP) is 2.80. The van der Waals surface area contributed by atoms with Crippen molar-refractivity contribution in [1.29, 1.82) is 0 Å². The molecule has 0 saturated carbocycles. The number of thioether (sulfide) groups is 1. The third-order valence-electron chi connectivity index (χ3n) is 5.03. The van der Waals surface area contributed by atoms with Crippen LogP contribution in [-0.4, -0.2) is 62.4 Å². The van der Waals surface area contributed by atoms with Crippen LogP contribution in [0.15, 0.2) is 59.8 Å². The lowest BCUT2D eigenvalue weighted by Gasteiger charge is -2.37. The van der Waals surface area contributed by atoms with Gasteiger partial charge in [-0.05, 0) is 54.1 Å². The third-order valence-corrected chi connectivity index (χ3v) is 6.05.